The van der Waals surface area contributed by atoms with Crippen LogP contribution in [0.4, 0.5) is 10.6 Å². The molecule has 2 aliphatic rings. The number of allylic oxidation sites excluding steroid dienone is 1. The minimum atomic E-state index is -0.0475. The summed E-state index contributed by atoms with van der Waals surface area (Å²) in [5.74, 6) is 0.650. The summed E-state index contributed by atoms with van der Waals surface area (Å²) in [4.78, 5) is 17.6. The molecule has 7 heteroatoms. The third kappa shape index (κ3) is 3.81. The SMILES string of the molecule is C=C(C)Nc1ccn(C(=O)N2CCC3(CCCN3Cc3ccc4c(ccn4C)c3)CC2)n1. The lowest BCUT2D eigenvalue weighted by atomic mass is 9.84. The molecule has 0 atom stereocenters. The van der Waals surface area contributed by atoms with E-state index in [-0.39, 0.29) is 11.6 Å². The Morgan fingerprint density at radius 2 is 1.94 bits per heavy atom. The quantitative estimate of drug-likeness (QED) is 0.663. The summed E-state index contributed by atoms with van der Waals surface area (Å²) >= 11 is 0. The first-order chi connectivity index (χ1) is 15.4. The molecule has 0 saturated carbocycles. The van der Waals surface area contributed by atoms with Gasteiger partial charge in [0.1, 0.15) is 0 Å². The lowest BCUT2D eigenvalue weighted by Gasteiger charge is -2.45. The zero-order valence-electron chi connectivity index (χ0n) is 19.0. The van der Waals surface area contributed by atoms with Gasteiger partial charge in [0.15, 0.2) is 5.82 Å². The molecule has 0 unspecified atom stereocenters. The number of aromatic nitrogens is 3. The van der Waals surface area contributed by atoms with Crippen LogP contribution >= 0.6 is 0 Å². The number of hydrogen-bond donors (Lipinski definition) is 1. The zero-order valence-corrected chi connectivity index (χ0v) is 19.0. The Kier molecular flexibility index (Phi) is 5.29. The molecule has 1 aromatic carbocycles. The summed E-state index contributed by atoms with van der Waals surface area (Å²) in [6, 6.07) is 10.8. The number of aryl methyl sites for hydroxylation is 1. The molecule has 0 radical (unpaired) electrons. The van der Waals surface area contributed by atoms with Crippen molar-refractivity contribution in [1.82, 2.24) is 24.1 Å². The number of likely N-dealkylation sites (tertiary alicyclic amines) is 2. The Labute approximate surface area is 189 Å². The molecule has 2 aliphatic heterocycles. The van der Waals surface area contributed by atoms with Crippen molar-refractivity contribution in [3.63, 3.8) is 0 Å². The van der Waals surface area contributed by atoms with Crippen molar-refractivity contribution in [2.45, 2.75) is 44.7 Å². The van der Waals surface area contributed by atoms with Crippen molar-refractivity contribution >= 4 is 22.8 Å². The first-order valence-electron chi connectivity index (χ1n) is 11.5. The summed E-state index contributed by atoms with van der Waals surface area (Å²) < 4.78 is 3.60. The van der Waals surface area contributed by atoms with Gasteiger partial charge in [0.2, 0.25) is 0 Å². The van der Waals surface area contributed by atoms with Crippen LogP contribution in [0.2, 0.25) is 0 Å². The number of benzene rings is 1. The fraction of sp³-hybridized carbons (Fsp3) is 0.440. The maximum Gasteiger partial charge on any atom is 0.344 e. The Hall–Kier alpha value is -3.06. The fourth-order valence-electron chi connectivity index (χ4n) is 5.43. The lowest BCUT2D eigenvalue weighted by Crippen LogP contribution is -2.53. The third-order valence-corrected chi connectivity index (χ3v) is 7.16. The van der Waals surface area contributed by atoms with E-state index in [1.54, 1.807) is 12.3 Å². The van der Waals surface area contributed by atoms with E-state index < -0.39 is 0 Å². The van der Waals surface area contributed by atoms with Gasteiger partial charge in [-0.05, 0) is 68.3 Å². The molecule has 5 rings (SSSR count). The topological polar surface area (TPSA) is 58.3 Å². The van der Waals surface area contributed by atoms with E-state index in [1.807, 2.05) is 11.8 Å². The number of rotatable bonds is 4. The summed E-state index contributed by atoms with van der Waals surface area (Å²) in [6.45, 7) is 9.36. The standard InChI is InChI=1S/C25H32N6O/c1-19(2)26-23-8-14-31(27-23)24(32)29-15-10-25(11-16-29)9-4-12-30(25)18-20-5-6-22-21(17-20)7-13-28(22)3/h5-8,13-14,17H,1,4,9-12,15-16,18H2,2-3H3,(H,26,27). The van der Waals surface area contributed by atoms with Gasteiger partial charge in [-0.1, -0.05) is 12.6 Å². The zero-order chi connectivity index (χ0) is 22.3. The molecule has 4 heterocycles. The van der Waals surface area contributed by atoms with Crippen LogP contribution in [0.25, 0.3) is 10.9 Å². The smallest absolute Gasteiger partial charge is 0.344 e. The molecule has 2 saturated heterocycles. The molecule has 1 spiro atoms. The highest BCUT2D eigenvalue weighted by atomic mass is 16.2. The van der Waals surface area contributed by atoms with E-state index in [9.17, 15) is 4.79 Å². The van der Waals surface area contributed by atoms with E-state index in [1.165, 1.54) is 34.0 Å². The van der Waals surface area contributed by atoms with Crippen LogP contribution in [0.1, 0.15) is 38.2 Å². The van der Waals surface area contributed by atoms with Crippen molar-refractivity contribution in [1.29, 1.82) is 0 Å². The molecule has 3 aromatic rings. The predicted molar refractivity (Wildman–Crippen MR) is 128 cm³/mol. The monoisotopic (exact) mass is 432 g/mol. The fourth-order valence-corrected chi connectivity index (χ4v) is 5.43. The first kappa shape index (κ1) is 20.8. The maximum atomic E-state index is 13.0. The van der Waals surface area contributed by atoms with Gasteiger partial charge in [-0.3, -0.25) is 4.90 Å². The highest BCUT2D eigenvalue weighted by molar-refractivity contribution is 5.80. The van der Waals surface area contributed by atoms with Gasteiger partial charge in [-0.2, -0.15) is 4.68 Å². The summed E-state index contributed by atoms with van der Waals surface area (Å²) in [5.41, 5.74) is 3.66. The van der Waals surface area contributed by atoms with E-state index >= 15 is 0 Å². The molecule has 0 bridgehead atoms. The average molecular weight is 433 g/mol. The van der Waals surface area contributed by atoms with Gasteiger partial charge in [-0.25, -0.2) is 4.79 Å². The van der Waals surface area contributed by atoms with Gasteiger partial charge in [0, 0.05) is 61.9 Å². The molecule has 168 valence electrons. The second kappa shape index (κ2) is 8.13. The largest absolute Gasteiger partial charge is 0.351 e. The highest BCUT2D eigenvalue weighted by Crippen LogP contribution is 2.39. The van der Waals surface area contributed by atoms with Crippen LogP contribution in [0.5, 0.6) is 0 Å². The number of nitrogens with one attached hydrogen (secondary N) is 1. The number of fused-ring (bicyclic) bond motifs is 1. The number of carbonyl (C=O) groups excluding carboxylic acids is 1. The molecule has 2 fully saturated rings. The highest BCUT2D eigenvalue weighted by Gasteiger charge is 2.43. The van der Waals surface area contributed by atoms with E-state index in [2.05, 4.69) is 64.0 Å². The van der Waals surface area contributed by atoms with E-state index in [0.29, 0.717) is 5.82 Å². The first-order valence-corrected chi connectivity index (χ1v) is 11.5. The van der Waals surface area contributed by atoms with Crippen molar-refractivity contribution in [2.75, 3.05) is 25.0 Å². The van der Waals surface area contributed by atoms with Crippen LogP contribution in [0.15, 0.2) is 55.0 Å². The second-order valence-corrected chi connectivity index (χ2v) is 9.39. The van der Waals surface area contributed by atoms with Crippen molar-refractivity contribution in [3.05, 3.63) is 60.6 Å². The molecule has 7 nitrogen and oxygen atoms in total. The van der Waals surface area contributed by atoms with Crippen LogP contribution < -0.4 is 5.32 Å². The Balaban J connectivity index is 1.24. The molecule has 32 heavy (non-hydrogen) atoms. The van der Waals surface area contributed by atoms with Crippen molar-refractivity contribution < 1.29 is 4.79 Å². The van der Waals surface area contributed by atoms with Gasteiger partial charge in [-0.15, -0.1) is 5.10 Å². The van der Waals surface area contributed by atoms with E-state index in [4.69, 9.17) is 0 Å². The molecule has 1 amide bonds. The Bertz CT molecular complexity index is 1150. The molecule has 0 aliphatic carbocycles. The van der Waals surface area contributed by atoms with Gasteiger partial charge < -0.3 is 14.8 Å². The summed E-state index contributed by atoms with van der Waals surface area (Å²) in [7, 11) is 2.09. The number of amides is 1. The second-order valence-electron chi connectivity index (χ2n) is 9.39. The minimum absolute atomic E-state index is 0.0475. The summed E-state index contributed by atoms with van der Waals surface area (Å²) in [6.07, 6.45) is 8.33. The Morgan fingerprint density at radius 3 is 2.72 bits per heavy atom. The van der Waals surface area contributed by atoms with Gasteiger partial charge >= 0.3 is 6.03 Å². The predicted octanol–water partition coefficient (Wildman–Crippen LogP) is 4.42. The number of piperidine rings is 1. The van der Waals surface area contributed by atoms with Gasteiger partial charge in [0.25, 0.3) is 0 Å². The van der Waals surface area contributed by atoms with E-state index in [0.717, 1.165) is 44.7 Å². The Morgan fingerprint density at radius 1 is 1.12 bits per heavy atom. The van der Waals surface area contributed by atoms with Crippen molar-refractivity contribution in [3.8, 4) is 0 Å². The molecular formula is C25H32N6O. The molecule has 2 aromatic heterocycles. The van der Waals surface area contributed by atoms with Crippen LogP contribution in [0, 0.1) is 0 Å². The number of anilines is 1. The maximum absolute atomic E-state index is 13.0. The molecule has 1 N–H and O–H groups in total. The summed E-state index contributed by atoms with van der Waals surface area (Å²) in [5, 5.41) is 8.72. The van der Waals surface area contributed by atoms with Crippen LogP contribution in [-0.2, 0) is 13.6 Å². The van der Waals surface area contributed by atoms with Gasteiger partial charge in [0.05, 0.1) is 0 Å². The van der Waals surface area contributed by atoms with Crippen LogP contribution in [-0.4, -0.2) is 55.4 Å². The minimum Gasteiger partial charge on any atom is -0.351 e. The van der Waals surface area contributed by atoms with Crippen LogP contribution in [0.3, 0.4) is 0 Å². The molecular weight excluding hydrogens is 400 g/mol. The number of hydrogen-bond acceptors (Lipinski definition) is 4. The lowest BCUT2D eigenvalue weighted by molar-refractivity contribution is 0.0585. The number of nitrogens with zero attached hydrogens (tertiary/aromatic N) is 5. The average Bonchev–Trinajstić information content (AvgIpc) is 3.48. The normalized spacial score (nSPS) is 18.5. The van der Waals surface area contributed by atoms with Crippen molar-refractivity contribution in [2.24, 2.45) is 7.05 Å². The number of carbonyl (C=O) groups is 1. The third-order valence-electron chi connectivity index (χ3n) is 7.16.